The minimum Gasteiger partial charge on any atom is -0.497 e. The second kappa shape index (κ2) is 6.64. The molecule has 0 amide bonds. The van der Waals surface area contributed by atoms with Crippen LogP contribution >= 0.6 is 0 Å². The van der Waals surface area contributed by atoms with E-state index in [9.17, 15) is 4.79 Å². The lowest BCUT2D eigenvalue weighted by molar-refractivity contribution is 0.0906. The molecule has 0 bridgehead atoms. The summed E-state index contributed by atoms with van der Waals surface area (Å²) < 4.78 is 5.20. The van der Waals surface area contributed by atoms with E-state index in [1.54, 1.807) is 25.4 Å². The van der Waals surface area contributed by atoms with Gasteiger partial charge in [0.1, 0.15) is 11.6 Å². The molecular formula is C17H20N4O2. The second-order valence-corrected chi connectivity index (χ2v) is 5.66. The normalized spacial score (nSPS) is 17.8. The van der Waals surface area contributed by atoms with Crippen molar-refractivity contribution < 1.29 is 9.53 Å². The number of ether oxygens (including phenoxy) is 1. The number of hydrogen-bond donors (Lipinski definition) is 1. The van der Waals surface area contributed by atoms with Gasteiger partial charge in [-0.15, -0.1) is 0 Å². The smallest absolute Gasteiger partial charge is 0.227 e. The molecule has 1 atom stereocenters. The molecule has 1 aromatic heterocycles. The van der Waals surface area contributed by atoms with E-state index >= 15 is 0 Å². The molecule has 2 aromatic rings. The summed E-state index contributed by atoms with van der Waals surface area (Å²) in [4.78, 5) is 23.3. The third-order valence-corrected chi connectivity index (χ3v) is 4.09. The summed E-state index contributed by atoms with van der Waals surface area (Å²) >= 11 is 0. The van der Waals surface area contributed by atoms with Crippen LogP contribution in [0.25, 0.3) is 0 Å². The summed E-state index contributed by atoms with van der Waals surface area (Å²) in [6.07, 6.45) is 3.44. The zero-order chi connectivity index (χ0) is 16.2. The molecule has 6 nitrogen and oxygen atoms in total. The maximum Gasteiger partial charge on any atom is 0.227 e. The van der Waals surface area contributed by atoms with Crippen LogP contribution < -0.4 is 15.4 Å². The van der Waals surface area contributed by atoms with Crippen molar-refractivity contribution in [1.82, 2.24) is 9.97 Å². The van der Waals surface area contributed by atoms with Gasteiger partial charge in [-0.1, -0.05) is 12.1 Å². The van der Waals surface area contributed by atoms with Crippen molar-refractivity contribution in [3.63, 3.8) is 0 Å². The average Bonchev–Trinajstić information content (AvgIpc) is 2.61. The molecule has 1 fully saturated rings. The van der Waals surface area contributed by atoms with E-state index in [0.29, 0.717) is 29.6 Å². The van der Waals surface area contributed by atoms with Crippen molar-refractivity contribution in [2.75, 3.05) is 30.8 Å². The van der Waals surface area contributed by atoms with Crippen molar-refractivity contribution in [2.45, 2.75) is 12.8 Å². The van der Waals surface area contributed by atoms with E-state index in [2.05, 4.69) is 9.97 Å². The molecule has 1 aromatic carbocycles. The van der Waals surface area contributed by atoms with E-state index in [0.717, 1.165) is 19.4 Å². The molecule has 1 saturated heterocycles. The number of aromatic nitrogens is 2. The van der Waals surface area contributed by atoms with Gasteiger partial charge in [0.25, 0.3) is 0 Å². The quantitative estimate of drug-likeness (QED) is 0.871. The maximum absolute atomic E-state index is 12.8. The van der Waals surface area contributed by atoms with E-state index in [-0.39, 0.29) is 11.7 Å². The maximum atomic E-state index is 12.8. The van der Waals surface area contributed by atoms with Gasteiger partial charge in [-0.25, -0.2) is 4.98 Å². The van der Waals surface area contributed by atoms with Crippen LogP contribution in [0.3, 0.4) is 0 Å². The van der Waals surface area contributed by atoms with Crippen LogP contribution in [0.4, 0.5) is 11.8 Å². The lowest BCUT2D eigenvalue weighted by Crippen LogP contribution is -2.39. The number of nitrogens with zero attached hydrogens (tertiary/aromatic N) is 3. The number of carbonyl (C=O) groups is 1. The van der Waals surface area contributed by atoms with Gasteiger partial charge in [-0.05, 0) is 31.0 Å². The fraction of sp³-hybridized carbons (Fsp3) is 0.353. The van der Waals surface area contributed by atoms with Crippen LogP contribution in [0.5, 0.6) is 5.75 Å². The Balaban J connectivity index is 1.76. The number of anilines is 2. The van der Waals surface area contributed by atoms with Gasteiger partial charge in [0.05, 0.1) is 7.11 Å². The number of methoxy groups -OCH3 is 1. The summed E-state index contributed by atoms with van der Waals surface area (Å²) in [7, 11) is 1.60. The number of ketones is 1. The molecule has 0 unspecified atom stereocenters. The predicted molar refractivity (Wildman–Crippen MR) is 88.7 cm³/mol. The highest BCUT2D eigenvalue weighted by Crippen LogP contribution is 2.25. The highest BCUT2D eigenvalue weighted by Gasteiger charge is 2.28. The predicted octanol–water partition coefficient (Wildman–Crippen LogP) is 2.17. The molecular weight excluding hydrogens is 292 g/mol. The first-order valence-electron chi connectivity index (χ1n) is 7.69. The van der Waals surface area contributed by atoms with Crippen molar-refractivity contribution in [3.05, 3.63) is 42.1 Å². The molecule has 23 heavy (non-hydrogen) atoms. The van der Waals surface area contributed by atoms with E-state index in [1.165, 1.54) is 0 Å². The number of hydrogen-bond acceptors (Lipinski definition) is 6. The number of nitrogens with two attached hydrogens (primary N) is 1. The largest absolute Gasteiger partial charge is 0.497 e. The zero-order valence-electron chi connectivity index (χ0n) is 13.1. The second-order valence-electron chi connectivity index (χ2n) is 5.66. The first kappa shape index (κ1) is 15.3. The highest BCUT2D eigenvalue weighted by atomic mass is 16.5. The van der Waals surface area contributed by atoms with E-state index in [1.807, 2.05) is 23.1 Å². The van der Waals surface area contributed by atoms with Crippen LogP contribution in [0.1, 0.15) is 23.2 Å². The Morgan fingerprint density at radius 1 is 1.39 bits per heavy atom. The Morgan fingerprint density at radius 2 is 2.26 bits per heavy atom. The third kappa shape index (κ3) is 3.41. The minimum atomic E-state index is -0.0686. The topological polar surface area (TPSA) is 81.3 Å². The van der Waals surface area contributed by atoms with Crippen molar-refractivity contribution in [2.24, 2.45) is 5.92 Å². The Hall–Kier alpha value is -2.63. The number of Topliss-reactive ketones (excluding diaryl/α,β-unsaturated/α-hetero) is 1. The molecule has 1 aliphatic rings. The van der Waals surface area contributed by atoms with Gasteiger partial charge in [0, 0.05) is 30.8 Å². The van der Waals surface area contributed by atoms with Crippen LogP contribution in [0, 0.1) is 5.92 Å². The van der Waals surface area contributed by atoms with E-state index < -0.39 is 0 Å². The molecule has 2 N–H and O–H groups in total. The number of rotatable bonds is 4. The average molecular weight is 312 g/mol. The van der Waals surface area contributed by atoms with Crippen molar-refractivity contribution in [3.8, 4) is 5.75 Å². The molecule has 0 aliphatic carbocycles. The zero-order valence-corrected chi connectivity index (χ0v) is 13.1. The number of benzene rings is 1. The first-order valence-corrected chi connectivity index (χ1v) is 7.69. The molecule has 1 aliphatic heterocycles. The Bertz CT molecular complexity index is 704. The molecule has 0 saturated carbocycles. The van der Waals surface area contributed by atoms with Crippen molar-refractivity contribution in [1.29, 1.82) is 0 Å². The summed E-state index contributed by atoms with van der Waals surface area (Å²) in [6.45, 7) is 1.45. The SMILES string of the molecule is COc1cccc(C(=O)[C@H]2CCCN(c3nccc(N)n3)C2)c1. The fourth-order valence-corrected chi connectivity index (χ4v) is 2.90. The van der Waals surface area contributed by atoms with Gasteiger partial charge in [-0.2, -0.15) is 4.98 Å². The Kier molecular flexibility index (Phi) is 4.41. The minimum absolute atomic E-state index is 0.0686. The molecule has 2 heterocycles. The van der Waals surface area contributed by atoms with E-state index in [4.69, 9.17) is 10.5 Å². The highest BCUT2D eigenvalue weighted by molar-refractivity contribution is 5.98. The van der Waals surface area contributed by atoms with Gasteiger partial charge in [0.2, 0.25) is 5.95 Å². The number of nitrogen functional groups attached to an aromatic ring is 1. The van der Waals surface area contributed by atoms with Gasteiger partial charge in [0.15, 0.2) is 5.78 Å². The van der Waals surface area contributed by atoms with Crippen LogP contribution in [0.15, 0.2) is 36.5 Å². The summed E-state index contributed by atoms with van der Waals surface area (Å²) in [5.41, 5.74) is 6.41. The lowest BCUT2D eigenvalue weighted by atomic mass is 9.90. The standard InChI is InChI=1S/C17H20N4O2/c1-23-14-6-2-4-12(10-14)16(22)13-5-3-9-21(11-13)17-19-8-7-15(18)20-17/h2,4,6-8,10,13H,3,5,9,11H2,1H3,(H2,18,19,20)/t13-/m0/s1. The Labute approximate surface area is 135 Å². The van der Waals surface area contributed by atoms with Crippen LogP contribution in [-0.2, 0) is 0 Å². The summed E-state index contributed by atoms with van der Waals surface area (Å²) in [5, 5.41) is 0. The van der Waals surface area contributed by atoms with Crippen LogP contribution in [-0.4, -0.2) is 36.0 Å². The monoisotopic (exact) mass is 312 g/mol. The van der Waals surface area contributed by atoms with Crippen LogP contribution in [0.2, 0.25) is 0 Å². The summed E-state index contributed by atoms with van der Waals surface area (Å²) in [5.74, 6) is 1.80. The Morgan fingerprint density at radius 3 is 3.04 bits per heavy atom. The third-order valence-electron chi connectivity index (χ3n) is 4.09. The number of carbonyl (C=O) groups excluding carboxylic acids is 1. The fourth-order valence-electron chi connectivity index (χ4n) is 2.90. The molecule has 0 spiro atoms. The molecule has 3 rings (SSSR count). The van der Waals surface area contributed by atoms with Gasteiger partial charge >= 0.3 is 0 Å². The van der Waals surface area contributed by atoms with Gasteiger partial charge < -0.3 is 15.4 Å². The first-order chi connectivity index (χ1) is 11.2. The molecule has 0 radical (unpaired) electrons. The lowest BCUT2D eigenvalue weighted by Gasteiger charge is -2.32. The summed E-state index contributed by atoms with van der Waals surface area (Å²) in [6, 6.07) is 8.96. The molecule has 6 heteroatoms. The van der Waals surface area contributed by atoms with Crippen molar-refractivity contribution >= 4 is 17.5 Å². The number of piperidine rings is 1. The van der Waals surface area contributed by atoms with Gasteiger partial charge in [-0.3, -0.25) is 4.79 Å². The molecule has 120 valence electrons.